The Bertz CT molecular complexity index is 87.7. The Morgan fingerprint density at radius 1 is 1.88 bits per heavy atom. The van der Waals surface area contributed by atoms with Crippen LogP contribution in [0.4, 0.5) is 0 Å². The second kappa shape index (κ2) is 4.33. The summed E-state index contributed by atoms with van der Waals surface area (Å²) in [6, 6.07) is 0. The van der Waals surface area contributed by atoms with Crippen molar-refractivity contribution in [2.24, 2.45) is 0 Å². The predicted octanol–water partition coefficient (Wildman–Crippen LogP) is -0.130. The third kappa shape index (κ3) is 3.36. The van der Waals surface area contributed by atoms with E-state index in [4.69, 9.17) is 5.11 Å². The number of carbonyl (C=O) groups excluding carboxylic acids is 1. The van der Waals surface area contributed by atoms with Gasteiger partial charge in [0, 0.05) is 6.08 Å². The van der Waals surface area contributed by atoms with Crippen molar-refractivity contribution in [3.63, 3.8) is 0 Å². The number of aliphatic hydroxyl groups excluding tert-OH is 1. The molecule has 0 bridgehead atoms. The van der Waals surface area contributed by atoms with E-state index in [-0.39, 0.29) is 6.61 Å². The standard InChI is InChI=1S/C5H7O3/c1-2-5(7)8-4-3-6/h2,4,6H,1,3H2. The molecule has 0 saturated carbocycles. The van der Waals surface area contributed by atoms with Crippen LogP contribution in [0.25, 0.3) is 0 Å². The van der Waals surface area contributed by atoms with Gasteiger partial charge < -0.3 is 9.84 Å². The molecule has 3 heteroatoms. The fourth-order valence-electron chi connectivity index (χ4n) is 0.168. The van der Waals surface area contributed by atoms with E-state index in [1.807, 2.05) is 0 Å². The van der Waals surface area contributed by atoms with Gasteiger partial charge in [0.15, 0.2) is 6.61 Å². The fraction of sp³-hybridized carbons (Fsp3) is 0.200. The van der Waals surface area contributed by atoms with Crippen molar-refractivity contribution in [1.82, 2.24) is 0 Å². The van der Waals surface area contributed by atoms with Crippen molar-refractivity contribution >= 4 is 5.97 Å². The topological polar surface area (TPSA) is 46.5 Å². The molecule has 3 nitrogen and oxygen atoms in total. The number of ether oxygens (including phenoxy) is 1. The Kier molecular flexibility index (Phi) is 3.88. The van der Waals surface area contributed by atoms with E-state index < -0.39 is 5.97 Å². The van der Waals surface area contributed by atoms with Crippen molar-refractivity contribution in [2.75, 3.05) is 6.61 Å². The van der Waals surface area contributed by atoms with Crippen LogP contribution in [0.5, 0.6) is 0 Å². The van der Waals surface area contributed by atoms with Crippen molar-refractivity contribution in [1.29, 1.82) is 0 Å². The molecular formula is C5H7O3. The average Bonchev–Trinajstić information content (AvgIpc) is 1.83. The zero-order chi connectivity index (χ0) is 6.41. The molecule has 1 N–H and O–H groups in total. The van der Waals surface area contributed by atoms with Crippen molar-refractivity contribution in [3.8, 4) is 0 Å². The molecule has 0 aliphatic rings. The summed E-state index contributed by atoms with van der Waals surface area (Å²) in [4.78, 5) is 10.1. The van der Waals surface area contributed by atoms with Crippen LogP contribution in [0, 0.1) is 6.61 Å². The first kappa shape index (κ1) is 7.17. The van der Waals surface area contributed by atoms with Gasteiger partial charge in [-0.3, -0.25) is 0 Å². The Labute approximate surface area is 47.6 Å². The first-order chi connectivity index (χ1) is 3.81. The monoisotopic (exact) mass is 115 g/mol. The third-order valence-corrected chi connectivity index (χ3v) is 0.441. The van der Waals surface area contributed by atoms with Gasteiger partial charge >= 0.3 is 5.97 Å². The van der Waals surface area contributed by atoms with Gasteiger partial charge in [0.25, 0.3) is 0 Å². The molecule has 0 aromatic rings. The van der Waals surface area contributed by atoms with Crippen LogP contribution in [0.3, 0.4) is 0 Å². The highest BCUT2D eigenvalue weighted by molar-refractivity contribution is 5.81. The van der Waals surface area contributed by atoms with Crippen LogP contribution in [-0.2, 0) is 9.53 Å². The maximum absolute atomic E-state index is 10.1. The van der Waals surface area contributed by atoms with Gasteiger partial charge in [-0.05, 0) is 0 Å². The van der Waals surface area contributed by atoms with Crippen molar-refractivity contribution in [3.05, 3.63) is 19.3 Å². The lowest BCUT2D eigenvalue weighted by Gasteiger charge is -1.93. The van der Waals surface area contributed by atoms with Crippen LogP contribution in [0.2, 0.25) is 0 Å². The molecule has 0 spiro atoms. The Balaban J connectivity index is 3.11. The predicted molar refractivity (Wildman–Crippen MR) is 27.7 cm³/mol. The molecule has 8 heavy (non-hydrogen) atoms. The van der Waals surface area contributed by atoms with Gasteiger partial charge in [0.2, 0.25) is 0 Å². The molecule has 0 aromatic carbocycles. The van der Waals surface area contributed by atoms with Gasteiger partial charge in [-0.2, -0.15) is 0 Å². The lowest BCUT2D eigenvalue weighted by Crippen LogP contribution is -1.98. The molecule has 1 radical (unpaired) electrons. The average molecular weight is 115 g/mol. The normalized spacial score (nSPS) is 8.12. The molecule has 0 aromatic heterocycles. The zero-order valence-electron chi connectivity index (χ0n) is 4.33. The Morgan fingerprint density at radius 3 is 2.88 bits per heavy atom. The molecule has 45 valence electrons. The van der Waals surface area contributed by atoms with E-state index in [0.29, 0.717) is 0 Å². The van der Waals surface area contributed by atoms with Crippen LogP contribution < -0.4 is 0 Å². The summed E-state index contributed by atoms with van der Waals surface area (Å²) >= 11 is 0. The van der Waals surface area contributed by atoms with Gasteiger partial charge in [0.1, 0.15) is 0 Å². The summed E-state index contributed by atoms with van der Waals surface area (Å²) in [6.07, 6.45) is 1.02. The molecule has 0 amide bonds. The summed E-state index contributed by atoms with van der Waals surface area (Å²) in [7, 11) is 0. The van der Waals surface area contributed by atoms with Gasteiger partial charge in [-0.25, -0.2) is 4.79 Å². The maximum Gasteiger partial charge on any atom is 0.330 e. The number of rotatable bonds is 3. The summed E-state index contributed by atoms with van der Waals surface area (Å²) in [5.74, 6) is -0.556. The fourth-order valence-corrected chi connectivity index (χ4v) is 0.168. The third-order valence-electron chi connectivity index (χ3n) is 0.441. The van der Waals surface area contributed by atoms with Crippen LogP contribution in [0.15, 0.2) is 12.7 Å². The minimum atomic E-state index is -0.556. The largest absolute Gasteiger partial charge is 0.453 e. The van der Waals surface area contributed by atoms with E-state index in [1.54, 1.807) is 0 Å². The van der Waals surface area contributed by atoms with E-state index in [1.165, 1.54) is 0 Å². The summed E-state index contributed by atoms with van der Waals surface area (Å²) < 4.78 is 4.21. The van der Waals surface area contributed by atoms with E-state index in [0.717, 1.165) is 12.7 Å². The molecule has 0 aliphatic heterocycles. The molecule has 0 atom stereocenters. The van der Waals surface area contributed by atoms with Crippen molar-refractivity contribution < 1.29 is 14.6 Å². The lowest BCUT2D eigenvalue weighted by molar-refractivity contribution is -0.135. The molecule has 0 fully saturated rings. The quantitative estimate of drug-likeness (QED) is 0.411. The molecule has 0 aliphatic carbocycles. The van der Waals surface area contributed by atoms with E-state index in [9.17, 15) is 4.79 Å². The summed E-state index contributed by atoms with van der Waals surface area (Å²) in [5, 5.41) is 8.04. The highest BCUT2D eigenvalue weighted by Gasteiger charge is 1.91. The number of esters is 1. The van der Waals surface area contributed by atoms with E-state index in [2.05, 4.69) is 11.3 Å². The Morgan fingerprint density at radius 2 is 2.50 bits per heavy atom. The van der Waals surface area contributed by atoms with Gasteiger partial charge in [0.05, 0.1) is 6.61 Å². The van der Waals surface area contributed by atoms with Gasteiger partial charge in [-0.1, -0.05) is 6.58 Å². The Hall–Kier alpha value is -0.830. The first-order valence-electron chi connectivity index (χ1n) is 2.07. The summed E-state index contributed by atoms with van der Waals surface area (Å²) in [5.41, 5.74) is 0. The van der Waals surface area contributed by atoms with Crippen LogP contribution >= 0.6 is 0 Å². The molecular weight excluding hydrogens is 108 g/mol. The van der Waals surface area contributed by atoms with E-state index >= 15 is 0 Å². The smallest absolute Gasteiger partial charge is 0.330 e. The second-order valence-corrected chi connectivity index (χ2v) is 0.990. The number of carbonyl (C=O) groups is 1. The number of aliphatic hydroxyl groups is 1. The molecule has 0 rings (SSSR count). The van der Waals surface area contributed by atoms with Crippen LogP contribution in [-0.4, -0.2) is 17.7 Å². The first-order valence-corrected chi connectivity index (χ1v) is 2.07. The highest BCUT2D eigenvalue weighted by Crippen LogP contribution is 1.80. The number of hydrogen-bond acceptors (Lipinski definition) is 3. The second-order valence-electron chi connectivity index (χ2n) is 0.990. The number of hydrogen-bond donors (Lipinski definition) is 1. The molecule has 0 saturated heterocycles. The summed E-state index contributed by atoms with van der Waals surface area (Å²) in [6.45, 7) is 3.86. The lowest BCUT2D eigenvalue weighted by atomic mass is 10.6. The maximum atomic E-state index is 10.1. The SMILES string of the molecule is C=CC(=O)O[CH]CO. The molecule has 0 unspecified atom stereocenters. The highest BCUT2D eigenvalue weighted by atomic mass is 16.5. The minimum absolute atomic E-state index is 0.264. The van der Waals surface area contributed by atoms with Crippen LogP contribution in [0.1, 0.15) is 0 Å². The zero-order valence-corrected chi connectivity index (χ0v) is 4.33. The molecule has 0 heterocycles. The van der Waals surface area contributed by atoms with Gasteiger partial charge in [-0.15, -0.1) is 0 Å². The van der Waals surface area contributed by atoms with Crippen molar-refractivity contribution in [2.45, 2.75) is 0 Å². The minimum Gasteiger partial charge on any atom is -0.453 e.